The minimum atomic E-state index is 0.546. The molecule has 0 amide bonds. The van der Waals surface area contributed by atoms with E-state index in [0.717, 1.165) is 0 Å². The lowest BCUT2D eigenvalue weighted by Crippen LogP contribution is -2.13. The fraction of sp³-hybridized carbons (Fsp3) is 0.500. The largest absolute Gasteiger partial charge is 0.405 e. The summed E-state index contributed by atoms with van der Waals surface area (Å²) in [6.45, 7) is 6.57. The number of allylic oxidation sites excluding steroid dienone is 3. The molecule has 2 heteroatoms. The summed E-state index contributed by atoms with van der Waals surface area (Å²) < 4.78 is 0. The minimum absolute atomic E-state index is 0.546. The SMILES string of the molecule is CCC(C)c1ccc(/C(C)=C/C=C\N)cc1.NC1CCCC1. The lowest BCUT2D eigenvalue weighted by molar-refractivity contribution is 0.704. The van der Waals surface area contributed by atoms with Gasteiger partial charge in [-0.25, -0.2) is 0 Å². The molecule has 0 radical (unpaired) electrons. The zero-order chi connectivity index (χ0) is 16.4. The molecule has 22 heavy (non-hydrogen) atoms. The molecule has 1 aromatic rings. The van der Waals surface area contributed by atoms with Gasteiger partial charge in [-0.1, -0.05) is 57.0 Å². The molecule has 1 aliphatic rings. The van der Waals surface area contributed by atoms with E-state index in [0.29, 0.717) is 12.0 Å². The molecule has 0 heterocycles. The van der Waals surface area contributed by atoms with Crippen LogP contribution < -0.4 is 11.5 Å². The van der Waals surface area contributed by atoms with Crippen molar-refractivity contribution >= 4 is 5.57 Å². The maximum absolute atomic E-state index is 5.53. The Labute approximate surface area is 136 Å². The van der Waals surface area contributed by atoms with Crippen molar-refractivity contribution in [1.29, 1.82) is 0 Å². The van der Waals surface area contributed by atoms with Crippen LogP contribution in [0.3, 0.4) is 0 Å². The summed E-state index contributed by atoms with van der Waals surface area (Å²) in [5.74, 6) is 0.641. The Balaban J connectivity index is 0.000000335. The first-order valence-electron chi connectivity index (χ1n) is 8.49. The molecule has 0 spiro atoms. The van der Waals surface area contributed by atoms with Crippen molar-refractivity contribution in [2.45, 2.75) is 64.8 Å². The van der Waals surface area contributed by atoms with Crippen molar-refractivity contribution in [1.82, 2.24) is 0 Å². The van der Waals surface area contributed by atoms with Crippen LogP contribution in [0.15, 0.2) is 42.6 Å². The van der Waals surface area contributed by atoms with Crippen molar-refractivity contribution in [3.8, 4) is 0 Å². The van der Waals surface area contributed by atoms with Crippen molar-refractivity contribution in [2.24, 2.45) is 11.5 Å². The summed E-state index contributed by atoms with van der Waals surface area (Å²) in [5.41, 5.74) is 14.7. The monoisotopic (exact) mass is 300 g/mol. The lowest BCUT2D eigenvalue weighted by atomic mass is 9.96. The van der Waals surface area contributed by atoms with E-state index in [9.17, 15) is 0 Å². The molecule has 1 atom stereocenters. The molecule has 0 bridgehead atoms. The highest BCUT2D eigenvalue weighted by atomic mass is 14.6. The summed E-state index contributed by atoms with van der Waals surface area (Å²) in [7, 11) is 0. The Hall–Kier alpha value is -1.54. The van der Waals surface area contributed by atoms with E-state index < -0.39 is 0 Å². The molecular weight excluding hydrogens is 268 g/mol. The molecule has 1 fully saturated rings. The molecule has 1 saturated carbocycles. The number of hydrogen-bond donors (Lipinski definition) is 2. The quantitative estimate of drug-likeness (QED) is 0.772. The second kappa shape index (κ2) is 10.2. The van der Waals surface area contributed by atoms with Gasteiger partial charge in [-0.2, -0.15) is 0 Å². The number of rotatable bonds is 4. The molecule has 1 aliphatic carbocycles. The fourth-order valence-corrected chi connectivity index (χ4v) is 2.56. The van der Waals surface area contributed by atoms with Crippen molar-refractivity contribution in [3.63, 3.8) is 0 Å². The van der Waals surface area contributed by atoms with Crippen LogP contribution in [-0.4, -0.2) is 6.04 Å². The average Bonchev–Trinajstić information content (AvgIpc) is 3.03. The first-order valence-corrected chi connectivity index (χ1v) is 8.49. The van der Waals surface area contributed by atoms with Gasteiger partial charge in [-0.3, -0.25) is 0 Å². The van der Waals surface area contributed by atoms with Crippen LogP contribution in [0.2, 0.25) is 0 Å². The van der Waals surface area contributed by atoms with E-state index in [2.05, 4.69) is 45.0 Å². The van der Waals surface area contributed by atoms with Gasteiger partial charge in [-0.05, 0) is 61.1 Å². The maximum atomic E-state index is 5.53. The van der Waals surface area contributed by atoms with Gasteiger partial charge in [0.25, 0.3) is 0 Å². The van der Waals surface area contributed by atoms with Crippen LogP contribution in [-0.2, 0) is 0 Å². The van der Waals surface area contributed by atoms with E-state index >= 15 is 0 Å². The van der Waals surface area contributed by atoms with Crippen LogP contribution in [0.4, 0.5) is 0 Å². The van der Waals surface area contributed by atoms with E-state index in [1.165, 1.54) is 48.8 Å². The smallest absolute Gasteiger partial charge is 0.00388 e. The van der Waals surface area contributed by atoms with Crippen molar-refractivity contribution in [3.05, 3.63) is 53.7 Å². The van der Waals surface area contributed by atoms with Gasteiger partial charge in [0.1, 0.15) is 0 Å². The Morgan fingerprint density at radius 1 is 1.23 bits per heavy atom. The number of hydrogen-bond acceptors (Lipinski definition) is 2. The molecular formula is C20H32N2. The van der Waals surface area contributed by atoms with Gasteiger partial charge in [0.05, 0.1) is 0 Å². The molecule has 4 N–H and O–H groups in total. The summed E-state index contributed by atoms with van der Waals surface area (Å²) in [6, 6.07) is 9.33. The Morgan fingerprint density at radius 2 is 1.82 bits per heavy atom. The average molecular weight is 300 g/mol. The van der Waals surface area contributed by atoms with Gasteiger partial charge in [-0.15, -0.1) is 0 Å². The van der Waals surface area contributed by atoms with Crippen LogP contribution in [0.25, 0.3) is 5.57 Å². The molecule has 1 unspecified atom stereocenters. The highest BCUT2D eigenvalue weighted by Gasteiger charge is 2.07. The number of nitrogens with two attached hydrogens (primary N) is 2. The topological polar surface area (TPSA) is 52.0 Å². The second-order valence-electron chi connectivity index (χ2n) is 6.21. The first kappa shape index (κ1) is 18.5. The number of benzene rings is 1. The van der Waals surface area contributed by atoms with Gasteiger partial charge < -0.3 is 11.5 Å². The predicted octanol–water partition coefficient (Wildman–Crippen LogP) is 4.96. The molecule has 0 aliphatic heterocycles. The van der Waals surface area contributed by atoms with E-state index in [1.807, 2.05) is 12.2 Å². The minimum Gasteiger partial charge on any atom is -0.405 e. The van der Waals surface area contributed by atoms with Gasteiger partial charge in [0, 0.05) is 6.04 Å². The zero-order valence-electron chi connectivity index (χ0n) is 14.4. The first-order chi connectivity index (χ1) is 10.6. The van der Waals surface area contributed by atoms with Crippen LogP contribution in [0.5, 0.6) is 0 Å². The standard InChI is InChI=1S/C15H21N.C5H11N/c1-4-12(2)14-7-9-15(10-8-14)13(3)6-5-11-16;6-5-3-1-2-4-5/h5-12H,4,16H2,1-3H3;5H,1-4,6H2/b11-5-,13-6+;. The van der Waals surface area contributed by atoms with Crippen LogP contribution in [0.1, 0.15) is 69.9 Å². The molecule has 122 valence electrons. The van der Waals surface area contributed by atoms with Crippen LogP contribution >= 0.6 is 0 Å². The third-order valence-corrected chi connectivity index (χ3v) is 4.40. The maximum Gasteiger partial charge on any atom is 0.00388 e. The highest BCUT2D eigenvalue weighted by Crippen LogP contribution is 2.21. The molecule has 0 saturated heterocycles. The normalized spacial score (nSPS) is 17.4. The van der Waals surface area contributed by atoms with E-state index in [4.69, 9.17) is 11.5 Å². The van der Waals surface area contributed by atoms with E-state index in [1.54, 1.807) is 6.20 Å². The molecule has 1 aromatic carbocycles. The highest BCUT2D eigenvalue weighted by molar-refractivity contribution is 5.65. The molecule has 2 rings (SSSR count). The molecule has 0 aromatic heterocycles. The van der Waals surface area contributed by atoms with Gasteiger partial charge in [0.15, 0.2) is 0 Å². The Bertz CT molecular complexity index is 465. The zero-order valence-corrected chi connectivity index (χ0v) is 14.4. The van der Waals surface area contributed by atoms with Gasteiger partial charge in [0.2, 0.25) is 0 Å². The summed E-state index contributed by atoms with van der Waals surface area (Å²) >= 11 is 0. The third-order valence-electron chi connectivity index (χ3n) is 4.40. The van der Waals surface area contributed by atoms with Crippen molar-refractivity contribution < 1.29 is 0 Å². The van der Waals surface area contributed by atoms with Gasteiger partial charge >= 0.3 is 0 Å². The van der Waals surface area contributed by atoms with Crippen molar-refractivity contribution in [2.75, 3.05) is 0 Å². The third kappa shape index (κ3) is 6.48. The Morgan fingerprint density at radius 3 is 2.23 bits per heavy atom. The van der Waals surface area contributed by atoms with Crippen LogP contribution in [0, 0.1) is 0 Å². The van der Waals surface area contributed by atoms with E-state index in [-0.39, 0.29) is 0 Å². The Kier molecular flexibility index (Phi) is 8.61. The summed E-state index contributed by atoms with van der Waals surface area (Å²) in [4.78, 5) is 0. The summed E-state index contributed by atoms with van der Waals surface area (Å²) in [5, 5.41) is 0. The molecule has 2 nitrogen and oxygen atoms in total. The fourth-order valence-electron chi connectivity index (χ4n) is 2.56. The predicted molar refractivity (Wildman–Crippen MR) is 98.6 cm³/mol. The summed E-state index contributed by atoms with van der Waals surface area (Å²) in [6.07, 6.45) is 11.9. The lowest BCUT2D eigenvalue weighted by Gasteiger charge is -2.09. The second-order valence-corrected chi connectivity index (χ2v) is 6.21.